The van der Waals surface area contributed by atoms with Crippen LogP contribution in [-0.2, 0) is 13.0 Å². The number of carbonyl (C=O) groups is 1. The summed E-state index contributed by atoms with van der Waals surface area (Å²) < 4.78 is 7.13. The van der Waals surface area contributed by atoms with E-state index in [-0.39, 0.29) is 12.5 Å². The van der Waals surface area contributed by atoms with Crippen molar-refractivity contribution in [2.45, 2.75) is 19.9 Å². The highest BCUT2D eigenvalue weighted by atomic mass is 16.5. The number of hydrogen-bond acceptors (Lipinski definition) is 7. The van der Waals surface area contributed by atoms with E-state index in [2.05, 4.69) is 25.7 Å². The maximum Gasteiger partial charge on any atom is 0.261 e. The topological polar surface area (TPSA) is 101 Å². The van der Waals surface area contributed by atoms with Crippen LogP contribution in [0.3, 0.4) is 0 Å². The number of amides is 1. The van der Waals surface area contributed by atoms with Gasteiger partial charge in [-0.2, -0.15) is 4.98 Å². The van der Waals surface area contributed by atoms with Gasteiger partial charge in [-0.3, -0.25) is 9.20 Å². The summed E-state index contributed by atoms with van der Waals surface area (Å²) in [5, 5.41) is 15.3. The molecule has 9 heteroatoms. The highest BCUT2D eigenvalue weighted by Crippen LogP contribution is 2.22. The summed E-state index contributed by atoms with van der Waals surface area (Å²) in [4.78, 5) is 18.8. The molecule has 9 nitrogen and oxygen atoms in total. The van der Waals surface area contributed by atoms with Crippen LogP contribution in [0, 0.1) is 0 Å². The summed E-state index contributed by atoms with van der Waals surface area (Å²) in [6.45, 7) is 2.20. The van der Waals surface area contributed by atoms with Gasteiger partial charge in [0.05, 0.1) is 12.1 Å². The molecule has 1 amide bonds. The number of nitrogens with one attached hydrogen (secondary N) is 1. The zero-order chi connectivity index (χ0) is 20.4. The van der Waals surface area contributed by atoms with Crippen LogP contribution in [0.1, 0.15) is 28.9 Å². The Balaban J connectivity index is 1.53. The second-order valence-electron chi connectivity index (χ2n) is 6.72. The average molecular weight is 391 g/mol. The molecule has 0 unspecified atom stereocenters. The number of pyridine rings is 1. The van der Waals surface area contributed by atoms with Gasteiger partial charge in [0.25, 0.3) is 11.8 Å². The molecule has 0 saturated carbocycles. The van der Waals surface area contributed by atoms with Gasteiger partial charge in [-0.05, 0) is 36.4 Å². The average Bonchev–Trinajstić information content (AvgIpc) is 3.39. The summed E-state index contributed by atoms with van der Waals surface area (Å²) >= 11 is 0. The number of fused-ring (bicyclic) bond motifs is 1. The van der Waals surface area contributed by atoms with Crippen molar-refractivity contribution in [1.82, 2.24) is 30.1 Å². The molecule has 0 aliphatic rings. The minimum absolute atomic E-state index is 0.173. The third-order valence-electron chi connectivity index (χ3n) is 4.57. The lowest BCUT2D eigenvalue weighted by Gasteiger charge is -2.12. The van der Waals surface area contributed by atoms with E-state index in [1.165, 1.54) is 0 Å². The molecule has 148 valence electrons. The van der Waals surface area contributed by atoms with Crippen molar-refractivity contribution in [2.24, 2.45) is 0 Å². The van der Waals surface area contributed by atoms with E-state index in [0.717, 1.165) is 5.69 Å². The minimum Gasteiger partial charge on any atom is -0.378 e. The van der Waals surface area contributed by atoms with Gasteiger partial charge in [-0.25, -0.2) is 0 Å². The molecule has 4 aromatic rings. The maximum absolute atomic E-state index is 12.5. The Kier molecular flexibility index (Phi) is 4.94. The van der Waals surface area contributed by atoms with E-state index in [4.69, 9.17) is 4.52 Å². The number of hydrogen-bond donors (Lipinski definition) is 1. The molecule has 0 bridgehead atoms. The lowest BCUT2D eigenvalue weighted by atomic mass is 10.2. The van der Waals surface area contributed by atoms with Crippen molar-refractivity contribution in [3.05, 3.63) is 59.8 Å². The Hall–Kier alpha value is -3.75. The summed E-state index contributed by atoms with van der Waals surface area (Å²) in [5.41, 5.74) is 2.91. The number of carbonyl (C=O) groups excluding carboxylic acids is 1. The molecule has 0 atom stereocenters. The van der Waals surface area contributed by atoms with Crippen LogP contribution in [0.2, 0.25) is 0 Å². The van der Waals surface area contributed by atoms with Gasteiger partial charge in [-0.15, -0.1) is 10.2 Å². The van der Waals surface area contributed by atoms with Gasteiger partial charge in [-0.1, -0.05) is 12.1 Å². The third kappa shape index (κ3) is 3.66. The van der Waals surface area contributed by atoms with Crippen LogP contribution in [0.15, 0.2) is 47.1 Å². The molecular formula is C20H21N7O2. The van der Waals surface area contributed by atoms with E-state index in [1.807, 2.05) is 56.4 Å². The summed E-state index contributed by atoms with van der Waals surface area (Å²) in [6, 6.07) is 11.1. The van der Waals surface area contributed by atoms with E-state index < -0.39 is 0 Å². The molecule has 0 aliphatic carbocycles. The van der Waals surface area contributed by atoms with Crippen LogP contribution >= 0.6 is 0 Å². The fraction of sp³-hybridized carbons (Fsp3) is 0.250. The standard InChI is InChI=1S/C20H21N7O2/c1-4-16-22-20(29-25-16)15-6-5-11-27-17(23-24-18(15)27)12-21-19(28)13-7-9-14(10-8-13)26(2)3/h5-11H,4,12H2,1-3H3,(H,21,28). The number of anilines is 1. The second-order valence-corrected chi connectivity index (χ2v) is 6.72. The first-order valence-corrected chi connectivity index (χ1v) is 9.28. The van der Waals surface area contributed by atoms with E-state index in [0.29, 0.717) is 40.7 Å². The Morgan fingerprint density at radius 3 is 2.66 bits per heavy atom. The Labute approximate surface area is 167 Å². The van der Waals surface area contributed by atoms with Crippen molar-refractivity contribution < 1.29 is 9.32 Å². The zero-order valence-corrected chi connectivity index (χ0v) is 16.5. The van der Waals surface area contributed by atoms with Crippen molar-refractivity contribution in [2.75, 3.05) is 19.0 Å². The first kappa shape index (κ1) is 18.6. The zero-order valence-electron chi connectivity index (χ0n) is 16.5. The molecule has 3 aromatic heterocycles. The summed E-state index contributed by atoms with van der Waals surface area (Å²) in [7, 11) is 3.91. The van der Waals surface area contributed by atoms with Crippen molar-refractivity contribution in [3.63, 3.8) is 0 Å². The normalized spacial score (nSPS) is 11.0. The quantitative estimate of drug-likeness (QED) is 0.538. The number of aromatic nitrogens is 5. The Morgan fingerprint density at radius 1 is 1.17 bits per heavy atom. The SMILES string of the molecule is CCc1noc(-c2cccn3c(CNC(=O)c4ccc(N(C)C)cc4)nnc23)n1. The highest BCUT2D eigenvalue weighted by molar-refractivity contribution is 5.94. The van der Waals surface area contributed by atoms with Crippen molar-refractivity contribution in [3.8, 4) is 11.5 Å². The van der Waals surface area contributed by atoms with Gasteiger partial charge >= 0.3 is 0 Å². The molecule has 0 fully saturated rings. The van der Waals surface area contributed by atoms with Gasteiger partial charge < -0.3 is 14.7 Å². The first-order chi connectivity index (χ1) is 14.1. The van der Waals surface area contributed by atoms with E-state index in [9.17, 15) is 4.79 Å². The van der Waals surface area contributed by atoms with Gasteiger partial charge in [0.1, 0.15) is 0 Å². The minimum atomic E-state index is -0.173. The lowest BCUT2D eigenvalue weighted by Crippen LogP contribution is -2.24. The number of rotatable bonds is 6. The van der Waals surface area contributed by atoms with Gasteiger partial charge in [0, 0.05) is 38.0 Å². The second kappa shape index (κ2) is 7.70. The fourth-order valence-corrected chi connectivity index (χ4v) is 2.93. The predicted molar refractivity (Wildman–Crippen MR) is 108 cm³/mol. The van der Waals surface area contributed by atoms with Gasteiger partial charge in [0.2, 0.25) is 0 Å². The summed E-state index contributed by atoms with van der Waals surface area (Å²) in [5.74, 6) is 1.47. The maximum atomic E-state index is 12.5. The number of nitrogens with zero attached hydrogens (tertiary/aromatic N) is 6. The monoisotopic (exact) mass is 391 g/mol. The number of aryl methyl sites for hydroxylation is 1. The van der Waals surface area contributed by atoms with Crippen molar-refractivity contribution >= 4 is 17.2 Å². The largest absolute Gasteiger partial charge is 0.378 e. The van der Waals surface area contributed by atoms with Crippen LogP contribution in [0.25, 0.3) is 17.1 Å². The summed E-state index contributed by atoms with van der Waals surface area (Å²) in [6.07, 6.45) is 2.52. The van der Waals surface area contributed by atoms with E-state index >= 15 is 0 Å². The molecular weight excluding hydrogens is 370 g/mol. The van der Waals surface area contributed by atoms with Crippen LogP contribution in [0.4, 0.5) is 5.69 Å². The lowest BCUT2D eigenvalue weighted by molar-refractivity contribution is 0.0950. The smallest absolute Gasteiger partial charge is 0.261 e. The Morgan fingerprint density at radius 2 is 1.97 bits per heavy atom. The molecule has 0 radical (unpaired) electrons. The Bertz CT molecular complexity index is 1150. The molecule has 0 spiro atoms. The molecule has 0 saturated heterocycles. The van der Waals surface area contributed by atoms with Crippen LogP contribution < -0.4 is 10.2 Å². The predicted octanol–water partition coefficient (Wildman–Crippen LogP) is 2.34. The first-order valence-electron chi connectivity index (χ1n) is 9.28. The van der Waals surface area contributed by atoms with Crippen molar-refractivity contribution in [1.29, 1.82) is 0 Å². The van der Waals surface area contributed by atoms with Crippen LogP contribution in [-0.4, -0.2) is 44.7 Å². The highest BCUT2D eigenvalue weighted by Gasteiger charge is 2.16. The molecule has 3 heterocycles. The molecule has 1 aromatic carbocycles. The van der Waals surface area contributed by atoms with E-state index in [1.54, 1.807) is 16.5 Å². The molecule has 29 heavy (non-hydrogen) atoms. The fourth-order valence-electron chi connectivity index (χ4n) is 2.93. The third-order valence-corrected chi connectivity index (χ3v) is 4.57. The van der Waals surface area contributed by atoms with Gasteiger partial charge in [0.15, 0.2) is 17.3 Å². The molecule has 4 rings (SSSR count). The molecule has 0 aliphatic heterocycles. The molecule has 1 N–H and O–H groups in total. The number of benzene rings is 1. The van der Waals surface area contributed by atoms with Crippen LogP contribution in [0.5, 0.6) is 0 Å².